The maximum absolute atomic E-state index is 13.1. The molecule has 0 radical (unpaired) electrons. The van der Waals surface area contributed by atoms with Gasteiger partial charge in [0.2, 0.25) is 11.8 Å². The zero-order chi connectivity index (χ0) is 22.1. The van der Waals surface area contributed by atoms with Gasteiger partial charge in [-0.1, -0.05) is 59.9 Å². The molecule has 30 heavy (non-hydrogen) atoms. The minimum Gasteiger partial charge on any atom is -0.355 e. The number of carbonyl (C=O) groups excluding carboxylic acids is 2. The molecule has 0 saturated heterocycles. The topological polar surface area (TPSA) is 49.4 Å². The van der Waals surface area contributed by atoms with Crippen LogP contribution in [0.1, 0.15) is 31.4 Å². The lowest BCUT2D eigenvalue weighted by Crippen LogP contribution is -2.49. The summed E-state index contributed by atoms with van der Waals surface area (Å²) in [5.41, 5.74) is 1.83. The SMILES string of the molecule is CCNC(=O)C(CC)N(Cc1ccc(Cl)cc1Cl)C(=O)CSCc1ccc(Cl)cc1. The summed E-state index contributed by atoms with van der Waals surface area (Å²) in [6, 6.07) is 12.1. The lowest BCUT2D eigenvalue weighted by Gasteiger charge is -2.30. The number of nitrogens with one attached hydrogen (secondary N) is 1. The molecule has 0 heterocycles. The Morgan fingerprint density at radius 3 is 2.30 bits per heavy atom. The molecule has 2 aromatic carbocycles. The monoisotopic (exact) mass is 486 g/mol. The molecule has 0 bridgehead atoms. The highest BCUT2D eigenvalue weighted by Crippen LogP contribution is 2.24. The molecule has 0 saturated carbocycles. The van der Waals surface area contributed by atoms with E-state index in [0.29, 0.717) is 33.8 Å². The average Bonchev–Trinajstić information content (AvgIpc) is 2.71. The molecule has 0 aromatic heterocycles. The highest BCUT2D eigenvalue weighted by molar-refractivity contribution is 7.99. The number of hydrogen-bond acceptors (Lipinski definition) is 3. The van der Waals surface area contributed by atoms with Gasteiger partial charge in [0.25, 0.3) is 0 Å². The van der Waals surface area contributed by atoms with Crippen LogP contribution in [0.2, 0.25) is 15.1 Å². The van der Waals surface area contributed by atoms with Gasteiger partial charge in [-0.05, 0) is 48.7 Å². The van der Waals surface area contributed by atoms with E-state index in [-0.39, 0.29) is 24.1 Å². The van der Waals surface area contributed by atoms with E-state index in [2.05, 4.69) is 5.32 Å². The minimum absolute atomic E-state index is 0.113. The molecule has 4 nitrogen and oxygen atoms in total. The van der Waals surface area contributed by atoms with Gasteiger partial charge in [0.15, 0.2) is 0 Å². The van der Waals surface area contributed by atoms with Gasteiger partial charge in [-0.15, -0.1) is 11.8 Å². The molecule has 1 N–H and O–H groups in total. The van der Waals surface area contributed by atoms with Gasteiger partial charge in [-0.3, -0.25) is 9.59 Å². The number of rotatable bonds is 10. The Hall–Kier alpha value is -1.40. The highest BCUT2D eigenvalue weighted by atomic mass is 35.5. The van der Waals surface area contributed by atoms with Crippen LogP contribution in [0, 0.1) is 0 Å². The summed E-state index contributed by atoms with van der Waals surface area (Å²) in [4.78, 5) is 27.3. The molecule has 0 spiro atoms. The van der Waals surface area contributed by atoms with Crippen LogP contribution in [0.4, 0.5) is 0 Å². The normalized spacial score (nSPS) is 11.8. The third-order valence-electron chi connectivity index (χ3n) is 4.50. The van der Waals surface area contributed by atoms with E-state index in [9.17, 15) is 9.59 Å². The molecule has 2 amide bonds. The number of hydrogen-bond donors (Lipinski definition) is 1. The van der Waals surface area contributed by atoms with Crippen molar-refractivity contribution in [2.45, 2.75) is 38.6 Å². The summed E-state index contributed by atoms with van der Waals surface area (Å²) < 4.78 is 0. The first-order chi connectivity index (χ1) is 14.3. The summed E-state index contributed by atoms with van der Waals surface area (Å²) >= 11 is 19.7. The summed E-state index contributed by atoms with van der Waals surface area (Å²) in [5.74, 6) is 0.652. The zero-order valence-electron chi connectivity index (χ0n) is 17.0. The smallest absolute Gasteiger partial charge is 0.242 e. The molecule has 0 aliphatic rings. The van der Waals surface area contributed by atoms with Crippen LogP contribution in [0.25, 0.3) is 0 Å². The third-order valence-corrected chi connectivity index (χ3v) is 6.33. The van der Waals surface area contributed by atoms with Crippen molar-refractivity contribution < 1.29 is 9.59 Å². The number of nitrogens with zero attached hydrogens (tertiary/aromatic N) is 1. The Kier molecular flexibility index (Phi) is 10.3. The van der Waals surface area contributed by atoms with Crippen molar-refractivity contribution in [3.63, 3.8) is 0 Å². The lowest BCUT2D eigenvalue weighted by molar-refractivity contribution is -0.139. The summed E-state index contributed by atoms with van der Waals surface area (Å²) in [7, 11) is 0. The van der Waals surface area contributed by atoms with Crippen molar-refractivity contribution in [2.75, 3.05) is 12.3 Å². The highest BCUT2D eigenvalue weighted by Gasteiger charge is 2.28. The van der Waals surface area contributed by atoms with E-state index in [0.717, 1.165) is 11.1 Å². The summed E-state index contributed by atoms with van der Waals surface area (Å²) in [5, 5.41) is 4.50. The van der Waals surface area contributed by atoms with E-state index >= 15 is 0 Å². The Morgan fingerprint density at radius 2 is 1.70 bits per heavy atom. The molecule has 0 aliphatic carbocycles. The number of thioether (sulfide) groups is 1. The van der Waals surface area contributed by atoms with Gasteiger partial charge < -0.3 is 10.2 Å². The van der Waals surface area contributed by atoms with Gasteiger partial charge in [-0.25, -0.2) is 0 Å². The van der Waals surface area contributed by atoms with Crippen LogP contribution in [0.5, 0.6) is 0 Å². The molecule has 1 atom stereocenters. The Balaban J connectivity index is 2.14. The molecule has 2 aromatic rings. The molecular weight excluding hydrogens is 463 g/mol. The van der Waals surface area contributed by atoms with E-state index in [4.69, 9.17) is 34.8 Å². The quantitative estimate of drug-likeness (QED) is 0.459. The Bertz CT molecular complexity index is 862. The first-order valence-corrected chi connectivity index (χ1v) is 12.0. The van der Waals surface area contributed by atoms with Gasteiger partial charge in [0, 0.05) is 33.9 Å². The third kappa shape index (κ3) is 7.38. The van der Waals surface area contributed by atoms with E-state index in [1.807, 2.05) is 38.1 Å². The van der Waals surface area contributed by atoms with Crippen LogP contribution in [-0.2, 0) is 21.9 Å². The van der Waals surface area contributed by atoms with Crippen molar-refractivity contribution in [3.05, 3.63) is 68.7 Å². The Morgan fingerprint density at radius 1 is 1.03 bits per heavy atom. The molecule has 0 aliphatic heterocycles. The second-order valence-electron chi connectivity index (χ2n) is 6.70. The molecule has 162 valence electrons. The van der Waals surface area contributed by atoms with Gasteiger partial charge >= 0.3 is 0 Å². The van der Waals surface area contributed by atoms with Crippen LogP contribution in [-0.4, -0.2) is 35.1 Å². The standard InChI is InChI=1S/C22H25Cl3N2O2S/c1-3-20(22(29)26-4-2)27(12-16-7-10-18(24)11-19(16)25)21(28)14-30-13-15-5-8-17(23)9-6-15/h5-11,20H,3-4,12-14H2,1-2H3,(H,26,29). The second-order valence-corrected chi connectivity index (χ2v) is 8.96. The largest absolute Gasteiger partial charge is 0.355 e. The van der Waals surface area contributed by atoms with Crippen LogP contribution in [0.15, 0.2) is 42.5 Å². The molecule has 0 fully saturated rings. The van der Waals surface area contributed by atoms with Crippen molar-refractivity contribution in [3.8, 4) is 0 Å². The van der Waals surface area contributed by atoms with Crippen LogP contribution in [0.3, 0.4) is 0 Å². The second kappa shape index (κ2) is 12.5. The van der Waals surface area contributed by atoms with Crippen molar-refractivity contribution in [1.29, 1.82) is 0 Å². The summed E-state index contributed by atoms with van der Waals surface area (Å²) in [6.45, 7) is 4.50. The van der Waals surface area contributed by atoms with E-state index in [1.54, 1.807) is 23.1 Å². The van der Waals surface area contributed by atoms with Gasteiger partial charge in [0.1, 0.15) is 6.04 Å². The first kappa shape index (κ1) is 24.9. The maximum Gasteiger partial charge on any atom is 0.242 e. The average molecular weight is 488 g/mol. The summed E-state index contributed by atoms with van der Waals surface area (Å²) in [6.07, 6.45) is 0.505. The minimum atomic E-state index is -0.569. The first-order valence-electron chi connectivity index (χ1n) is 9.69. The number of benzene rings is 2. The fourth-order valence-electron chi connectivity index (χ4n) is 2.96. The lowest BCUT2D eigenvalue weighted by atomic mass is 10.1. The zero-order valence-corrected chi connectivity index (χ0v) is 20.0. The Labute approximate surface area is 197 Å². The van der Waals surface area contributed by atoms with Crippen molar-refractivity contribution in [2.24, 2.45) is 0 Å². The van der Waals surface area contributed by atoms with E-state index < -0.39 is 6.04 Å². The fraction of sp³-hybridized carbons (Fsp3) is 0.364. The van der Waals surface area contributed by atoms with Crippen molar-refractivity contribution in [1.82, 2.24) is 10.2 Å². The number of amides is 2. The number of halogens is 3. The van der Waals surface area contributed by atoms with Gasteiger partial charge in [0.05, 0.1) is 5.75 Å². The molecule has 1 unspecified atom stereocenters. The number of carbonyl (C=O) groups is 2. The number of likely N-dealkylation sites (N-methyl/N-ethyl adjacent to an activating group) is 1. The van der Waals surface area contributed by atoms with E-state index in [1.165, 1.54) is 11.8 Å². The van der Waals surface area contributed by atoms with Crippen LogP contribution >= 0.6 is 46.6 Å². The molecular formula is C22H25Cl3N2O2S. The van der Waals surface area contributed by atoms with Crippen molar-refractivity contribution >= 4 is 58.4 Å². The molecule has 2 rings (SSSR count). The van der Waals surface area contributed by atoms with Gasteiger partial charge in [-0.2, -0.15) is 0 Å². The predicted octanol–water partition coefficient (Wildman–Crippen LogP) is 5.82. The predicted molar refractivity (Wildman–Crippen MR) is 127 cm³/mol. The molecule has 8 heteroatoms. The fourth-order valence-corrected chi connectivity index (χ4v) is 4.43. The van der Waals surface area contributed by atoms with Crippen LogP contribution < -0.4 is 5.32 Å². The maximum atomic E-state index is 13.1.